The van der Waals surface area contributed by atoms with E-state index in [-0.39, 0.29) is 53.7 Å². The average Bonchev–Trinajstić information content (AvgIpc) is 3.47. The molecule has 2 heterocycles. The van der Waals surface area contributed by atoms with E-state index < -0.39 is 11.7 Å². The van der Waals surface area contributed by atoms with E-state index in [0.717, 1.165) is 24.5 Å². The molecule has 1 aromatic heterocycles. The molecule has 1 aliphatic rings. The summed E-state index contributed by atoms with van der Waals surface area (Å²) >= 11 is 0. The Hall–Kier alpha value is -3.07. The molecule has 0 saturated carbocycles. The first kappa shape index (κ1) is 25.6. The number of nitrogens with zero attached hydrogens (tertiary/aromatic N) is 3. The maximum Gasteiger partial charge on any atom is 0.416 e. The minimum atomic E-state index is -4.50. The van der Waals surface area contributed by atoms with Crippen LogP contribution in [-0.4, -0.2) is 27.5 Å². The Bertz CT molecular complexity index is 1130. The van der Waals surface area contributed by atoms with Crippen LogP contribution in [0, 0.1) is 5.41 Å². The molecule has 1 saturated heterocycles. The Morgan fingerprint density at radius 1 is 1.15 bits per heavy atom. The molecule has 1 aliphatic heterocycles. The molecule has 1 unspecified atom stereocenters. The first-order valence-corrected chi connectivity index (χ1v) is 11.0. The summed E-state index contributed by atoms with van der Waals surface area (Å²) in [6.07, 6.45) is -1.29. The summed E-state index contributed by atoms with van der Waals surface area (Å²) in [5.41, 5.74) is 7.58. The summed E-state index contributed by atoms with van der Waals surface area (Å²) in [6.45, 7) is 2.66. The Balaban J connectivity index is 0.00000324. The third kappa shape index (κ3) is 5.52. The molecule has 3 aromatic rings. The molecule has 0 spiro atoms. The van der Waals surface area contributed by atoms with Crippen molar-refractivity contribution in [2.24, 2.45) is 5.73 Å². The molecule has 2 aromatic carbocycles. The topological polar surface area (TPSA) is 92.0 Å². The fourth-order valence-corrected chi connectivity index (χ4v) is 4.22. The number of nitrogens with two attached hydrogens (primary N) is 1. The monoisotopic (exact) mass is 493 g/mol. The Kier molecular flexibility index (Phi) is 7.86. The van der Waals surface area contributed by atoms with Gasteiger partial charge in [-0.2, -0.15) is 18.2 Å². The summed E-state index contributed by atoms with van der Waals surface area (Å²) in [6, 6.07) is 11.8. The van der Waals surface area contributed by atoms with Crippen molar-refractivity contribution in [2.75, 3.05) is 6.54 Å². The zero-order chi connectivity index (χ0) is 23.6. The van der Waals surface area contributed by atoms with Gasteiger partial charge >= 0.3 is 6.18 Å². The number of hydrogen-bond acceptors (Lipinski definition) is 4. The van der Waals surface area contributed by atoms with Crippen LogP contribution in [0.2, 0.25) is 0 Å². The molecule has 0 amide bonds. The van der Waals surface area contributed by atoms with Crippen molar-refractivity contribution in [3.8, 4) is 11.4 Å². The van der Waals surface area contributed by atoms with Gasteiger partial charge in [0.2, 0.25) is 11.7 Å². The van der Waals surface area contributed by atoms with Crippen LogP contribution in [0.4, 0.5) is 13.2 Å². The number of halogens is 4. The Morgan fingerprint density at radius 2 is 1.85 bits per heavy atom. The van der Waals surface area contributed by atoms with Gasteiger partial charge < -0.3 is 15.2 Å². The average molecular weight is 494 g/mol. The van der Waals surface area contributed by atoms with Crippen LogP contribution in [0.25, 0.3) is 11.4 Å². The van der Waals surface area contributed by atoms with Crippen LogP contribution in [-0.2, 0) is 25.4 Å². The highest BCUT2D eigenvalue weighted by molar-refractivity contribution is 5.85. The van der Waals surface area contributed by atoms with Crippen molar-refractivity contribution >= 4 is 18.4 Å². The van der Waals surface area contributed by atoms with Crippen LogP contribution < -0.4 is 5.73 Å². The predicted molar refractivity (Wildman–Crippen MR) is 126 cm³/mol. The fraction of sp³-hybridized carbons (Fsp3) is 0.375. The lowest BCUT2D eigenvalue weighted by molar-refractivity contribution is -0.138. The maximum absolute atomic E-state index is 13.9. The smallest absolute Gasteiger partial charge is 0.370 e. The van der Waals surface area contributed by atoms with E-state index in [1.165, 1.54) is 11.6 Å². The fourth-order valence-electron chi connectivity index (χ4n) is 4.22. The lowest BCUT2D eigenvalue weighted by Crippen LogP contribution is -2.35. The minimum absolute atomic E-state index is 0. The second kappa shape index (κ2) is 10.5. The molecular weight excluding hydrogens is 467 g/mol. The van der Waals surface area contributed by atoms with E-state index in [1.54, 1.807) is 11.0 Å². The van der Waals surface area contributed by atoms with Crippen LogP contribution in [0.5, 0.6) is 0 Å². The SMILES string of the molecule is CCc1ccc(CCc2ccc(-c3noc(C4CCCN4C(=N)N)n3)cc2C(F)(F)F)cc1.Cl. The second-order valence-corrected chi connectivity index (χ2v) is 8.23. The molecular formula is C24H27ClF3N5O. The summed E-state index contributed by atoms with van der Waals surface area (Å²) in [4.78, 5) is 5.97. The number of nitrogens with one attached hydrogen (secondary N) is 1. The van der Waals surface area contributed by atoms with E-state index in [1.807, 2.05) is 24.3 Å². The highest BCUT2D eigenvalue weighted by Crippen LogP contribution is 2.36. The Morgan fingerprint density at radius 3 is 2.50 bits per heavy atom. The van der Waals surface area contributed by atoms with E-state index in [0.29, 0.717) is 19.4 Å². The molecule has 0 aliphatic carbocycles. The predicted octanol–water partition coefficient (Wildman–Crippen LogP) is 5.56. The number of rotatable bonds is 6. The number of benzene rings is 2. The highest BCUT2D eigenvalue weighted by atomic mass is 35.5. The van der Waals surface area contributed by atoms with Gasteiger partial charge in [0.1, 0.15) is 6.04 Å². The molecule has 10 heteroatoms. The molecule has 1 fully saturated rings. The molecule has 0 radical (unpaired) electrons. The molecule has 4 rings (SSSR count). The summed E-state index contributed by atoms with van der Waals surface area (Å²) in [5.74, 6) is 0.253. The quantitative estimate of drug-likeness (QED) is 0.346. The van der Waals surface area contributed by atoms with Crippen LogP contribution >= 0.6 is 12.4 Å². The van der Waals surface area contributed by atoms with E-state index in [9.17, 15) is 13.2 Å². The van der Waals surface area contributed by atoms with Gasteiger partial charge in [0.25, 0.3) is 0 Å². The largest absolute Gasteiger partial charge is 0.416 e. The zero-order valence-electron chi connectivity index (χ0n) is 18.7. The van der Waals surface area contributed by atoms with Crippen LogP contribution in [0.15, 0.2) is 47.0 Å². The van der Waals surface area contributed by atoms with Gasteiger partial charge in [-0.25, -0.2) is 0 Å². The normalized spacial score (nSPS) is 15.9. The third-order valence-electron chi connectivity index (χ3n) is 6.08. The van der Waals surface area contributed by atoms with Crippen molar-refractivity contribution in [1.29, 1.82) is 5.41 Å². The van der Waals surface area contributed by atoms with Gasteiger partial charge in [-0.3, -0.25) is 5.41 Å². The van der Waals surface area contributed by atoms with Crippen molar-refractivity contribution < 1.29 is 17.7 Å². The van der Waals surface area contributed by atoms with E-state index in [4.69, 9.17) is 15.7 Å². The Labute approximate surface area is 202 Å². The van der Waals surface area contributed by atoms with Crippen molar-refractivity contribution in [1.82, 2.24) is 15.0 Å². The van der Waals surface area contributed by atoms with Gasteiger partial charge in [0, 0.05) is 12.1 Å². The zero-order valence-corrected chi connectivity index (χ0v) is 19.5. The maximum atomic E-state index is 13.9. The number of aromatic nitrogens is 2. The van der Waals surface area contributed by atoms with Gasteiger partial charge in [0.05, 0.1) is 5.56 Å². The number of hydrogen-bond donors (Lipinski definition) is 2. The molecule has 1 atom stereocenters. The van der Waals surface area contributed by atoms with Gasteiger partial charge in [-0.1, -0.05) is 48.5 Å². The number of likely N-dealkylation sites (tertiary alicyclic amines) is 1. The summed E-state index contributed by atoms with van der Waals surface area (Å²) in [7, 11) is 0. The summed E-state index contributed by atoms with van der Waals surface area (Å²) in [5, 5.41) is 11.6. The number of aryl methyl sites for hydroxylation is 3. The number of guanidine groups is 1. The van der Waals surface area contributed by atoms with E-state index >= 15 is 0 Å². The van der Waals surface area contributed by atoms with Gasteiger partial charge in [0.15, 0.2) is 5.96 Å². The lowest BCUT2D eigenvalue weighted by atomic mass is 9.96. The molecule has 0 bridgehead atoms. The standard InChI is InChI=1S/C24H26F3N5O.ClH/c1-2-15-5-7-16(8-6-15)9-10-17-11-12-18(14-19(17)24(25,26)27)21-30-22(33-31-21)20-4-3-13-32(20)23(28)29;/h5-8,11-12,14,20H,2-4,9-10,13H2,1H3,(H3,28,29);1H. The van der Waals surface area contributed by atoms with Crippen molar-refractivity contribution in [3.05, 3.63) is 70.6 Å². The van der Waals surface area contributed by atoms with Crippen molar-refractivity contribution in [2.45, 2.75) is 51.2 Å². The second-order valence-electron chi connectivity index (χ2n) is 8.23. The van der Waals surface area contributed by atoms with Crippen molar-refractivity contribution in [3.63, 3.8) is 0 Å². The first-order valence-electron chi connectivity index (χ1n) is 11.0. The molecule has 182 valence electrons. The third-order valence-corrected chi connectivity index (χ3v) is 6.08. The van der Waals surface area contributed by atoms with E-state index in [2.05, 4.69) is 17.1 Å². The number of alkyl halides is 3. The van der Waals surface area contributed by atoms with Crippen LogP contribution in [0.1, 0.15) is 54.0 Å². The van der Waals surface area contributed by atoms with Crippen LogP contribution in [0.3, 0.4) is 0 Å². The molecule has 6 nitrogen and oxygen atoms in total. The summed E-state index contributed by atoms with van der Waals surface area (Å²) < 4.78 is 46.9. The molecule has 34 heavy (non-hydrogen) atoms. The van der Waals surface area contributed by atoms with Gasteiger partial charge in [-0.15, -0.1) is 12.4 Å². The molecule has 3 N–H and O–H groups in total. The van der Waals surface area contributed by atoms with Gasteiger partial charge in [-0.05, 0) is 54.9 Å². The highest BCUT2D eigenvalue weighted by Gasteiger charge is 2.35. The first-order chi connectivity index (χ1) is 15.8. The minimum Gasteiger partial charge on any atom is -0.370 e. The lowest BCUT2D eigenvalue weighted by Gasteiger charge is -2.21.